The molecule has 0 saturated carbocycles. The predicted molar refractivity (Wildman–Crippen MR) is 252 cm³/mol. The molecule has 4 nitrogen and oxygen atoms in total. The summed E-state index contributed by atoms with van der Waals surface area (Å²) < 4.78 is 4.80. The van der Waals surface area contributed by atoms with E-state index < -0.39 is 0 Å². The molecule has 3 heterocycles. The molecule has 0 unspecified atom stereocenters. The highest BCUT2D eigenvalue weighted by atomic mass is 15.0. The summed E-state index contributed by atoms with van der Waals surface area (Å²) in [6.45, 7) is 0. The van der Waals surface area contributed by atoms with Crippen LogP contribution in [0.2, 0.25) is 0 Å². The maximum atomic E-state index is 5.29. The second-order valence-corrected chi connectivity index (χ2v) is 15.8. The third kappa shape index (κ3) is 4.91. The third-order valence-electron chi connectivity index (χ3n) is 12.5. The van der Waals surface area contributed by atoms with Crippen molar-refractivity contribution in [3.8, 4) is 34.0 Å². The van der Waals surface area contributed by atoms with Gasteiger partial charge in [-0.05, 0) is 99.0 Å². The van der Waals surface area contributed by atoms with Crippen LogP contribution in [0.4, 0.5) is 0 Å². The summed E-state index contributed by atoms with van der Waals surface area (Å²) in [5.74, 6) is 0.721. The minimum absolute atomic E-state index is 0.721. The summed E-state index contributed by atoms with van der Waals surface area (Å²) in [6.07, 6.45) is 0. The molecule has 0 atom stereocenters. The van der Waals surface area contributed by atoms with Crippen LogP contribution in [0.1, 0.15) is 0 Å². The maximum absolute atomic E-state index is 5.29. The molecule has 0 N–H and O–H groups in total. The van der Waals surface area contributed by atoms with Gasteiger partial charge in [0.2, 0.25) is 0 Å². The molecule has 13 rings (SSSR count). The topological polar surface area (TPSA) is 35.6 Å². The van der Waals surface area contributed by atoms with Gasteiger partial charge in [0.25, 0.3) is 0 Å². The minimum atomic E-state index is 0.721. The van der Waals surface area contributed by atoms with E-state index in [1.54, 1.807) is 0 Å². The van der Waals surface area contributed by atoms with Gasteiger partial charge in [-0.15, -0.1) is 0 Å². The van der Waals surface area contributed by atoms with E-state index in [1.807, 2.05) is 0 Å². The lowest BCUT2D eigenvalue weighted by atomic mass is 9.99. The standard InChI is InChI=1S/C56H34N4/c1-2-12-43-35(11-1)21-22-36-23-24-39(32-48(36)43)56-57-50-17-7-3-16-47(50)55(58-56)37-25-28-41(29-26-37)59-53-20-10-6-15-46(53)49-33-40-31-42(30-27-38(40)34-54(49)59)60-51-18-8-4-13-44(51)45-14-5-9-19-52(45)60/h1-34H. The summed E-state index contributed by atoms with van der Waals surface area (Å²) in [4.78, 5) is 10.4. The first-order valence-electron chi connectivity index (χ1n) is 20.5. The summed E-state index contributed by atoms with van der Waals surface area (Å²) >= 11 is 0. The van der Waals surface area contributed by atoms with Crippen molar-refractivity contribution in [2.75, 3.05) is 0 Å². The van der Waals surface area contributed by atoms with Gasteiger partial charge in [-0.2, -0.15) is 0 Å². The van der Waals surface area contributed by atoms with Gasteiger partial charge in [-0.25, -0.2) is 9.97 Å². The van der Waals surface area contributed by atoms with Gasteiger partial charge in [-0.3, -0.25) is 0 Å². The number of fused-ring (bicyclic) bond motifs is 11. The molecule has 0 bridgehead atoms. The molecule has 4 heteroatoms. The summed E-state index contributed by atoms with van der Waals surface area (Å²) in [5, 5.41) is 13.3. The lowest BCUT2D eigenvalue weighted by Crippen LogP contribution is -1.97. The van der Waals surface area contributed by atoms with Gasteiger partial charge in [0.05, 0.1) is 33.3 Å². The second kappa shape index (κ2) is 12.7. The average Bonchev–Trinajstić information content (AvgIpc) is 3.82. The first kappa shape index (κ1) is 32.9. The quantitative estimate of drug-likeness (QED) is 0.167. The number of nitrogens with zero attached hydrogens (tertiary/aromatic N) is 4. The monoisotopic (exact) mass is 762 g/mol. The van der Waals surface area contributed by atoms with Crippen LogP contribution < -0.4 is 0 Å². The van der Waals surface area contributed by atoms with E-state index in [0.29, 0.717) is 0 Å². The van der Waals surface area contributed by atoms with Crippen molar-refractivity contribution in [3.05, 3.63) is 206 Å². The molecule has 0 aliphatic heterocycles. The Kier molecular flexibility index (Phi) is 6.98. The van der Waals surface area contributed by atoms with Crippen LogP contribution >= 0.6 is 0 Å². The average molecular weight is 763 g/mol. The van der Waals surface area contributed by atoms with Crippen molar-refractivity contribution in [1.82, 2.24) is 19.1 Å². The molecule has 0 fully saturated rings. The van der Waals surface area contributed by atoms with Crippen LogP contribution in [0.3, 0.4) is 0 Å². The molecule has 13 aromatic rings. The number of hydrogen-bond acceptors (Lipinski definition) is 2. The zero-order chi connectivity index (χ0) is 39.3. The zero-order valence-electron chi connectivity index (χ0n) is 32.4. The summed E-state index contributed by atoms with van der Waals surface area (Å²) in [5.41, 5.74) is 11.0. The fraction of sp³-hybridized carbons (Fsp3) is 0. The van der Waals surface area contributed by atoms with Crippen LogP contribution in [-0.2, 0) is 0 Å². The van der Waals surface area contributed by atoms with E-state index in [4.69, 9.17) is 9.97 Å². The number of hydrogen-bond donors (Lipinski definition) is 0. The maximum Gasteiger partial charge on any atom is 0.160 e. The highest BCUT2D eigenvalue weighted by Gasteiger charge is 2.17. The predicted octanol–water partition coefficient (Wildman–Crippen LogP) is 14.6. The Balaban J connectivity index is 0.939. The van der Waals surface area contributed by atoms with E-state index in [2.05, 4.69) is 215 Å². The lowest BCUT2D eigenvalue weighted by molar-refractivity contribution is 1.18. The van der Waals surface area contributed by atoms with Gasteiger partial charge >= 0.3 is 0 Å². The van der Waals surface area contributed by atoms with Crippen LogP contribution in [0.25, 0.3) is 121 Å². The molecule has 60 heavy (non-hydrogen) atoms. The normalized spacial score (nSPS) is 12.0. The Labute approximate surface area is 344 Å². The van der Waals surface area contributed by atoms with E-state index in [-0.39, 0.29) is 0 Å². The Morgan fingerprint density at radius 3 is 1.55 bits per heavy atom. The van der Waals surface area contributed by atoms with E-state index in [0.717, 1.165) is 44.9 Å². The van der Waals surface area contributed by atoms with Crippen molar-refractivity contribution < 1.29 is 0 Å². The molecule has 0 radical (unpaired) electrons. The molecule has 0 aliphatic rings. The molecule has 10 aromatic carbocycles. The Bertz CT molecular complexity index is 3840. The second-order valence-electron chi connectivity index (χ2n) is 15.8. The Hall–Kier alpha value is -8.08. The Morgan fingerprint density at radius 1 is 0.283 bits per heavy atom. The minimum Gasteiger partial charge on any atom is -0.309 e. The van der Waals surface area contributed by atoms with Gasteiger partial charge < -0.3 is 9.13 Å². The fourth-order valence-corrected chi connectivity index (χ4v) is 9.65. The van der Waals surface area contributed by atoms with E-state index in [1.165, 1.54) is 75.9 Å². The molecular weight excluding hydrogens is 729 g/mol. The van der Waals surface area contributed by atoms with Crippen LogP contribution in [0.15, 0.2) is 206 Å². The number of rotatable bonds is 4. The zero-order valence-corrected chi connectivity index (χ0v) is 32.4. The van der Waals surface area contributed by atoms with Gasteiger partial charge in [0.1, 0.15) is 0 Å². The SMILES string of the molecule is c1ccc2c(c1)ccc1ccc(-c3nc(-c4ccc(-n5c6ccccc6c6cc7cc(-n8c9ccccc9c9ccccc98)ccc7cc65)cc4)c4ccccc4n3)cc12. The highest BCUT2D eigenvalue weighted by molar-refractivity contribution is 6.15. The van der Waals surface area contributed by atoms with E-state index >= 15 is 0 Å². The van der Waals surface area contributed by atoms with Crippen LogP contribution in [0, 0.1) is 0 Å². The first-order valence-corrected chi connectivity index (χ1v) is 20.5. The molecule has 3 aromatic heterocycles. The summed E-state index contributed by atoms with van der Waals surface area (Å²) in [6, 6.07) is 74.5. The lowest BCUT2D eigenvalue weighted by Gasteiger charge is -2.13. The smallest absolute Gasteiger partial charge is 0.160 e. The Morgan fingerprint density at radius 2 is 0.817 bits per heavy atom. The first-order chi connectivity index (χ1) is 29.7. The molecule has 0 spiro atoms. The molecule has 0 saturated heterocycles. The van der Waals surface area contributed by atoms with E-state index in [9.17, 15) is 0 Å². The van der Waals surface area contributed by atoms with Crippen molar-refractivity contribution in [2.24, 2.45) is 0 Å². The summed E-state index contributed by atoms with van der Waals surface area (Å²) in [7, 11) is 0. The van der Waals surface area contributed by atoms with Crippen molar-refractivity contribution >= 4 is 86.8 Å². The third-order valence-corrected chi connectivity index (χ3v) is 12.5. The number of benzene rings is 10. The van der Waals surface area contributed by atoms with Crippen LogP contribution in [-0.4, -0.2) is 19.1 Å². The van der Waals surface area contributed by atoms with Gasteiger partial charge in [-0.1, -0.05) is 140 Å². The van der Waals surface area contributed by atoms with Crippen molar-refractivity contribution in [3.63, 3.8) is 0 Å². The molecule has 0 aliphatic carbocycles. The van der Waals surface area contributed by atoms with Gasteiger partial charge in [0, 0.05) is 49.4 Å². The fourth-order valence-electron chi connectivity index (χ4n) is 9.65. The van der Waals surface area contributed by atoms with Crippen molar-refractivity contribution in [2.45, 2.75) is 0 Å². The molecule has 0 amide bonds. The number of aromatic nitrogens is 4. The highest BCUT2D eigenvalue weighted by Crippen LogP contribution is 2.39. The van der Waals surface area contributed by atoms with Crippen LogP contribution in [0.5, 0.6) is 0 Å². The number of para-hydroxylation sites is 4. The molecular formula is C56H34N4. The molecule has 278 valence electrons. The van der Waals surface area contributed by atoms with Crippen molar-refractivity contribution in [1.29, 1.82) is 0 Å². The van der Waals surface area contributed by atoms with Gasteiger partial charge in [0.15, 0.2) is 5.82 Å². The largest absolute Gasteiger partial charge is 0.309 e.